The van der Waals surface area contributed by atoms with E-state index in [0.29, 0.717) is 0 Å². The molecule has 0 aliphatic rings. The Bertz CT molecular complexity index is 802. The Hall–Kier alpha value is -0.0613. The fraction of sp³-hybridized carbons (Fsp3) is 0.655. The van der Waals surface area contributed by atoms with Crippen molar-refractivity contribution in [2.24, 2.45) is 0 Å². The molecule has 0 aliphatic carbocycles. The third-order valence-corrected chi connectivity index (χ3v) is 8.10. The van der Waals surface area contributed by atoms with Crippen molar-refractivity contribution in [3.05, 3.63) is 34.0 Å². The topological polar surface area (TPSA) is 0 Å². The second-order valence-electron chi connectivity index (χ2n) is 9.82. The van der Waals surface area contributed by atoms with Crippen molar-refractivity contribution in [3.63, 3.8) is 0 Å². The van der Waals surface area contributed by atoms with E-state index in [1.165, 1.54) is 99.3 Å². The predicted octanol–water partition coefficient (Wildman–Crippen LogP) is 11.3. The van der Waals surface area contributed by atoms with Crippen LogP contribution in [-0.2, 0) is 12.8 Å². The average molecular weight is 579 g/mol. The maximum absolute atomic E-state index is 2.40. The van der Waals surface area contributed by atoms with Crippen LogP contribution in [0, 0.1) is 0 Å². The van der Waals surface area contributed by atoms with Gasteiger partial charge < -0.3 is 0 Å². The molecule has 0 amide bonds. The molecule has 3 heteroatoms. The molecule has 0 bridgehead atoms. The number of aryl methyl sites for hydroxylation is 2. The van der Waals surface area contributed by atoms with E-state index in [1.54, 1.807) is 21.9 Å². The molecule has 2 heterocycles. The summed E-state index contributed by atoms with van der Waals surface area (Å²) in [5.41, 5.74) is 3.37. The van der Waals surface area contributed by atoms with E-state index in [2.05, 4.69) is 51.6 Å². The fourth-order valence-corrected chi connectivity index (χ4v) is 6.55. The zero-order valence-electron chi connectivity index (χ0n) is 21.5. The molecule has 0 unspecified atom stereocenters. The number of fused-ring (bicyclic) bond motifs is 3. The third-order valence-electron chi connectivity index (χ3n) is 6.11. The van der Waals surface area contributed by atoms with Crippen molar-refractivity contribution in [1.29, 1.82) is 0 Å². The van der Waals surface area contributed by atoms with Gasteiger partial charge in [-0.25, -0.2) is 0 Å². The van der Waals surface area contributed by atoms with Crippen molar-refractivity contribution in [2.45, 2.75) is 119 Å². The number of unbranched alkanes of at least 4 members (excludes halogenated alkanes) is 10. The van der Waals surface area contributed by atoms with Crippen LogP contribution in [-0.4, -0.2) is 19.8 Å². The first-order valence-corrected chi connectivity index (χ1v) is 23.6. The van der Waals surface area contributed by atoms with Crippen LogP contribution in [0.5, 0.6) is 0 Å². The minimum absolute atomic E-state index is 0.543. The SMILES string of the molecule is CCCCCCCCc1c(CCCCCCCC)c2ccsc2c2sccc12.[CH3][Sn]([CH3])[CH3]. The molecule has 179 valence electrons. The van der Waals surface area contributed by atoms with E-state index in [-0.39, 0.29) is 0 Å². The molecule has 0 spiro atoms. The average Bonchev–Trinajstić information content (AvgIpc) is 3.43. The van der Waals surface area contributed by atoms with Crippen LogP contribution in [0.2, 0.25) is 14.8 Å². The summed E-state index contributed by atoms with van der Waals surface area (Å²) in [6.45, 7) is 4.61. The van der Waals surface area contributed by atoms with Crippen molar-refractivity contribution >= 4 is 62.6 Å². The van der Waals surface area contributed by atoms with E-state index in [4.69, 9.17) is 0 Å². The van der Waals surface area contributed by atoms with Crippen molar-refractivity contribution in [2.75, 3.05) is 0 Å². The van der Waals surface area contributed by atoms with Gasteiger partial charge in [0.15, 0.2) is 0 Å². The Morgan fingerprint density at radius 2 is 0.906 bits per heavy atom. The van der Waals surface area contributed by atoms with Crippen molar-refractivity contribution in [1.82, 2.24) is 0 Å². The molecule has 3 aromatic rings. The second-order valence-corrected chi connectivity index (χ2v) is 20.2. The standard InChI is InChI=1S/C26H38S2.3CH3.Sn/c1-3-5-7-9-11-13-15-21-22(16-14-12-10-8-6-4-2)24-18-20-28-26(24)25-23(21)17-19-27-25;;;;/h17-20H,3-16H2,1-2H3;3*1H3;. The molecule has 0 nitrogen and oxygen atoms in total. The summed E-state index contributed by atoms with van der Waals surface area (Å²) in [5, 5.41) is 7.75. The van der Waals surface area contributed by atoms with Crippen LogP contribution in [0.1, 0.15) is 102 Å². The number of hydrogen-bond donors (Lipinski definition) is 0. The van der Waals surface area contributed by atoms with Crippen LogP contribution >= 0.6 is 22.7 Å². The molecule has 3 rings (SSSR count). The molecule has 1 radical (unpaired) electrons. The zero-order chi connectivity index (χ0) is 23.2. The summed E-state index contributed by atoms with van der Waals surface area (Å²) in [5.74, 6) is 0. The van der Waals surface area contributed by atoms with Crippen LogP contribution in [0.3, 0.4) is 0 Å². The van der Waals surface area contributed by atoms with Gasteiger partial charge in [0, 0.05) is 0 Å². The van der Waals surface area contributed by atoms with E-state index in [9.17, 15) is 0 Å². The van der Waals surface area contributed by atoms with Gasteiger partial charge in [-0.05, 0) is 70.5 Å². The molecule has 0 atom stereocenters. The zero-order valence-corrected chi connectivity index (χ0v) is 26.0. The van der Waals surface area contributed by atoms with Gasteiger partial charge in [-0.2, -0.15) is 0 Å². The summed E-state index contributed by atoms with van der Waals surface area (Å²) in [6.07, 6.45) is 19.2. The van der Waals surface area contributed by atoms with Gasteiger partial charge in [0.2, 0.25) is 0 Å². The molecular formula is C29H47S2Sn. The number of hydrogen-bond acceptors (Lipinski definition) is 2. The molecule has 0 N–H and O–H groups in total. The quantitative estimate of drug-likeness (QED) is 0.132. The number of benzene rings is 1. The Morgan fingerprint density at radius 3 is 1.28 bits per heavy atom. The van der Waals surface area contributed by atoms with Gasteiger partial charge in [0.05, 0.1) is 9.40 Å². The van der Waals surface area contributed by atoms with Crippen LogP contribution in [0.25, 0.3) is 20.2 Å². The normalized spacial score (nSPS) is 11.4. The van der Waals surface area contributed by atoms with E-state index >= 15 is 0 Å². The molecule has 0 saturated heterocycles. The minimum atomic E-state index is -0.543. The third kappa shape index (κ3) is 9.29. The first kappa shape index (κ1) is 28.2. The monoisotopic (exact) mass is 579 g/mol. The molecule has 0 aliphatic heterocycles. The van der Waals surface area contributed by atoms with Crippen LogP contribution < -0.4 is 0 Å². The molecular weight excluding hydrogens is 531 g/mol. The summed E-state index contributed by atoms with van der Waals surface area (Å²) in [4.78, 5) is 7.09. The first-order chi connectivity index (χ1) is 15.6. The van der Waals surface area contributed by atoms with Gasteiger partial charge in [-0.1, -0.05) is 78.1 Å². The molecule has 0 saturated carbocycles. The van der Waals surface area contributed by atoms with Gasteiger partial charge in [0.1, 0.15) is 0 Å². The summed E-state index contributed by atoms with van der Waals surface area (Å²) in [7, 11) is 0. The first-order valence-electron chi connectivity index (χ1n) is 13.2. The molecule has 2 aromatic heterocycles. The summed E-state index contributed by atoms with van der Waals surface area (Å²) in [6, 6.07) is 4.80. The second kappa shape index (κ2) is 16.5. The van der Waals surface area contributed by atoms with Gasteiger partial charge in [-0.3, -0.25) is 0 Å². The number of thiophene rings is 2. The Morgan fingerprint density at radius 1 is 0.562 bits per heavy atom. The van der Waals surface area contributed by atoms with E-state index in [0.717, 1.165) is 0 Å². The Labute approximate surface area is 213 Å². The van der Waals surface area contributed by atoms with Gasteiger partial charge in [0.25, 0.3) is 0 Å². The Kier molecular flexibility index (Phi) is 14.6. The van der Waals surface area contributed by atoms with E-state index < -0.39 is 19.8 Å². The Balaban J connectivity index is 0.000000837. The summed E-state index contributed by atoms with van der Waals surface area (Å²) < 4.78 is 3.08. The van der Waals surface area contributed by atoms with Gasteiger partial charge in [-0.15, -0.1) is 22.7 Å². The van der Waals surface area contributed by atoms with Gasteiger partial charge >= 0.3 is 34.6 Å². The maximum atomic E-state index is 2.40. The van der Waals surface area contributed by atoms with E-state index in [1.807, 2.05) is 22.7 Å². The molecule has 32 heavy (non-hydrogen) atoms. The number of rotatable bonds is 14. The summed E-state index contributed by atoms with van der Waals surface area (Å²) >= 11 is 3.34. The van der Waals surface area contributed by atoms with Crippen LogP contribution in [0.4, 0.5) is 0 Å². The molecule has 0 fully saturated rings. The molecule has 1 aromatic carbocycles. The van der Waals surface area contributed by atoms with Crippen molar-refractivity contribution in [3.8, 4) is 0 Å². The predicted molar refractivity (Wildman–Crippen MR) is 155 cm³/mol. The fourth-order valence-electron chi connectivity index (χ4n) is 4.51. The van der Waals surface area contributed by atoms with Crippen molar-refractivity contribution < 1.29 is 0 Å². The van der Waals surface area contributed by atoms with Crippen LogP contribution in [0.15, 0.2) is 22.9 Å².